The van der Waals surface area contributed by atoms with E-state index < -0.39 is 0 Å². The lowest BCUT2D eigenvalue weighted by Gasteiger charge is -2.24. The first-order valence-electron chi connectivity index (χ1n) is 22.0. The van der Waals surface area contributed by atoms with Crippen LogP contribution in [0.15, 0.2) is 0 Å². The predicted octanol–water partition coefficient (Wildman–Crippen LogP) is 11.3. The van der Waals surface area contributed by atoms with Crippen molar-refractivity contribution >= 4 is 0 Å². The first-order valence-corrected chi connectivity index (χ1v) is 22.0. The summed E-state index contributed by atoms with van der Waals surface area (Å²) < 4.78 is 5.83. The zero-order valence-electron chi connectivity index (χ0n) is 34.0. The highest BCUT2D eigenvalue weighted by Crippen LogP contribution is 2.13. The minimum Gasteiger partial charge on any atom is -0.380 e. The number of hydrogen-bond acceptors (Lipinski definition) is 5. The second-order valence-corrected chi connectivity index (χ2v) is 15.3. The van der Waals surface area contributed by atoms with Crippen molar-refractivity contribution in [2.75, 3.05) is 66.0 Å². The van der Waals surface area contributed by atoms with Gasteiger partial charge >= 0.3 is 0 Å². The number of unbranched alkanes of at least 4 members (excludes halogenated alkanes) is 22. The Morgan fingerprint density at radius 2 is 0.792 bits per heavy atom. The van der Waals surface area contributed by atoms with Gasteiger partial charge in [-0.1, -0.05) is 182 Å². The van der Waals surface area contributed by atoms with Gasteiger partial charge in [0.1, 0.15) is 0 Å². The Kier molecular flexibility index (Phi) is 41.1. The van der Waals surface area contributed by atoms with E-state index in [-0.39, 0.29) is 0 Å². The van der Waals surface area contributed by atoms with Crippen molar-refractivity contribution in [3.8, 4) is 0 Å². The minimum atomic E-state index is 0.348. The summed E-state index contributed by atoms with van der Waals surface area (Å²) in [6.45, 7) is 19.3. The van der Waals surface area contributed by atoms with Crippen molar-refractivity contribution in [3.05, 3.63) is 0 Å². The maximum Gasteiger partial charge on any atom is 0.0695 e. The summed E-state index contributed by atoms with van der Waals surface area (Å²) >= 11 is 0. The molecular formula is C43H92N4O. The van der Waals surface area contributed by atoms with Crippen LogP contribution < -0.4 is 16.0 Å². The van der Waals surface area contributed by atoms with Crippen LogP contribution in [-0.2, 0) is 4.74 Å². The van der Waals surface area contributed by atoms with Crippen molar-refractivity contribution in [3.63, 3.8) is 0 Å². The van der Waals surface area contributed by atoms with E-state index in [9.17, 15) is 0 Å². The van der Waals surface area contributed by atoms with Gasteiger partial charge in [0.2, 0.25) is 0 Å². The van der Waals surface area contributed by atoms with Crippen LogP contribution in [0.5, 0.6) is 0 Å². The Morgan fingerprint density at radius 1 is 0.417 bits per heavy atom. The van der Waals surface area contributed by atoms with Crippen molar-refractivity contribution < 1.29 is 4.74 Å². The molecule has 5 heteroatoms. The highest BCUT2D eigenvalue weighted by Gasteiger charge is 2.09. The van der Waals surface area contributed by atoms with Crippen LogP contribution in [0.25, 0.3) is 0 Å². The molecule has 2 atom stereocenters. The molecule has 0 bridgehead atoms. The third-order valence-electron chi connectivity index (χ3n) is 10.4. The Morgan fingerprint density at radius 3 is 1.25 bits per heavy atom. The van der Waals surface area contributed by atoms with Gasteiger partial charge in [-0.25, -0.2) is 0 Å². The molecule has 0 saturated carbocycles. The standard InChI is InChI=1S/C43H92N4O/c1-6-9-12-15-18-20-21-24-27-30-33-44-34-37-47(38-35-45-40-42(4)31-28-25-22-17-14-11-8-3)39-36-46-41-43(48-5)32-29-26-23-19-16-13-10-7-2/h42-46H,6-41H2,1-5H3. The van der Waals surface area contributed by atoms with Crippen LogP contribution in [0.4, 0.5) is 0 Å². The van der Waals surface area contributed by atoms with Gasteiger partial charge < -0.3 is 20.7 Å². The molecule has 0 fully saturated rings. The lowest BCUT2D eigenvalue weighted by atomic mass is 10.0. The molecule has 48 heavy (non-hydrogen) atoms. The molecule has 0 rings (SSSR count). The number of methoxy groups -OCH3 is 1. The second-order valence-electron chi connectivity index (χ2n) is 15.3. The molecule has 0 saturated heterocycles. The summed E-state index contributed by atoms with van der Waals surface area (Å²) in [6, 6.07) is 0. The molecule has 0 aromatic heterocycles. The normalized spacial score (nSPS) is 13.1. The third kappa shape index (κ3) is 37.1. The third-order valence-corrected chi connectivity index (χ3v) is 10.4. The molecule has 3 N–H and O–H groups in total. The largest absolute Gasteiger partial charge is 0.380 e. The molecule has 0 radical (unpaired) electrons. The van der Waals surface area contributed by atoms with E-state index in [1.807, 2.05) is 7.11 Å². The van der Waals surface area contributed by atoms with Gasteiger partial charge in [-0.05, 0) is 38.3 Å². The summed E-state index contributed by atoms with van der Waals surface area (Å²) in [5, 5.41) is 11.3. The maximum absolute atomic E-state index is 5.83. The van der Waals surface area contributed by atoms with E-state index >= 15 is 0 Å². The van der Waals surface area contributed by atoms with Gasteiger partial charge in [-0.3, -0.25) is 4.90 Å². The number of nitrogens with one attached hydrogen (secondary N) is 3. The maximum atomic E-state index is 5.83. The van der Waals surface area contributed by atoms with E-state index in [0.29, 0.717) is 6.10 Å². The fraction of sp³-hybridized carbons (Fsp3) is 1.00. The van der Waals surface area contributed by atoms with Crippen molar-refractivity contribution in [1.82, 2.24) is 20.9 Å². The molecular weight excluding hydrogens is 589 g/mol. The SMILES string of the molecule is CCCCCCCCCCCCNCCN(CCNCC(C)CCCCCCCCC)CCNCC(CCCCCCCCCC)OC. The van der Waals surface area contributed by atoms with Gasteiger partial charge in [0.15, 0.2) is 0 Å². The zero-order valence-corrected chi connectivity index (χ0v) is 34.0. The Balaban J connectivity index is 4.22. The fourth-order valence-corrected chi connectivity index (χ4v) is 6.88. The predicted molar refractivity (Wildman–Crippen MR) is 217 cm³/mol. The molecule has 290 valence electrons. The summed E-state index contributed by atoms with van der Waals surface area (Å²) in [5.74, 6) is 0.783. The minimum absolute atomic E-state index is 0.348. The molecule has 5 nitrogen and oxygen atoms in total. The summed E-state index contributed by atoms with van der Waals surface area (Å²) in [5.41, 5.74) is 0. The molecule has 0 aromatic rings. The number of ether oxygens (including phenoxy) is 1. The molecule has 0 aliphatic rings. The summed E-state index contributed by atoms with van der Waals surface area (Å²) in [4.78, 5) is 2.66. The van der Waals surface area contributed by atoms with Crippen molar-refractivity contribution in [1.29, 1.82) is 0 Å². The monoisotopic (exact) mass is 681 g/mol. The highest BCUT2D eigenvalue weighted by molar-refractivity contribution is 4.68. The molecule has 2 unspecified atom stereocenters. The van der Waals surface area contributed by atoms with E-state index in [2.05, 4.69) is 48.5 Å². The molecule has 0 heterocycles. The topological polar surface area (TPSA) is 48.6 Å². The Bertz CT molecular complexity index is 577. The van der Waals surface area contributed by atoms with Gasteiger partial charge in [0.05, 0.1) is 6.10 Å². The van der Waals surface area contributed by atoms with Crippen LogP contribution in [0.2, 0.25) is 0 Å². The van der Waals surface area contributed by atoms with Gasteiger partial charge in [0.25, 0.3) is 0 Å². The fourth-order valence-electron chi connectivity index (χ4n) is 6.88. The quantitative estimate of drug-likeness (QED) is 0.0560. The number of hydrogen-bond donors (Lipinski definition) is 3. The average Bonchev–Trinajstić information content (AvgIpc) is 3.09. The van der Waals surface area contributed by atoms with Crippen LogP contribution in [0.3, 0.4) is 0 Å². The second kappa shape index (κ2) is 41.2. The first-order chi connectivity index (χ1) is 23.7. The van der Waals surface area contributed by atoms with Crippen LogP contribution in [-0.4, -0.2) is 77.0 Å². The van der Waals surface area contributed by atoms with Gasteiger partial charge in [0, 0.05) is 52.9 Å². The van der Waals surface area contributed by atoms with Gasteiger partial charge in [-0.2, -0.15) is 0 Å². The lowest BCUT2D eigenvalue weighted by molar-refractivity contribution is 0.0913. The van der Waals surface area contributed by atoms with Crippen LogP contribution >= 0.6 is 0 Å². The smallest absolute Gasteiger partial charge is 0.0695 e. The van der Waals surface area contributed by atoms with Crippen LogP contribution in [0.1, 0.15) is 201 Å². The van der Waals surface area contributed by atoms with Crippen LogP contribution in [0, 0.1) is 5.92 Å². The molecule has 0 aliphatic heterocycles. The van der Waals surface area contributed by atoms with Crippen molar-refractivity contribution in [2.45, 2.75) is 207 Å². The van der Waals surface area contributed by atoms with E-state index in [1.165, 1.54) is 180 Å². The van der Waals surface area contributed by atoms with E-state index in [1.54, 1.807) is 0 Å². The number of nitrogens with zero attached hydrogens (tertiary/aromatic N) is 1. The molecule has 0 spiro atoms. The zero-order chi connectivity index (χ0) is 35.0. The van der Waals surface area contributed by atoms with Gasteiger partial charge in [-0.15, -0.1) is 0 Å². The first kappa shape index (κ1) is 47.8. The molecule has 0 aliphatic carbocycles. The Labute approximate surface area is 304 Å². The lowest BCUT2D eigenvalue weighted by Crippen LogP contribution is -2.42. The average molecular weight is 681 g/mol. The molecule has 0 aromatic carbocycles. The highest BCUT2D eigenvalue weighted by atomic mass is 16.5. The molecule has 0 amide bonds. The summed E-state index contributed by atoms with van der Waals surface area (Å²) in [7, 11) is 1.89. The summed E-state index contributed by atoms with van der Waals surface area (Å²) in [6.07, 6.45) is 37.9. The number of rotatable bonds is 42. The van der Waals surface area contributed by atoms with E-state index in [4.69, 9.17) is 4.74 Å². The van der Waals surface area contributed by atoms with E-state index in [0.717, 1.165) is 58.3 Å². The Hall–Kier alpha value is -0.200. The van der Waals surface area contributed by atoms with Crippen molar-refractivity contribution in [2.24, 2.45) is 5.92 Å².